The van der Waals surface area contributed by atoms with Crippen molar-refractivity contribution in [1.82, 2.24) is 4.90 Å². The first-order valence-corrected chi connectivity index (χ1v) is 23.4. The zero-order valence-corrected chi connectivity index (χ0v) is 28.2. The van der Waals surface area contributed by atoms with Crippen molar-refractivity contribution in [2.24, 2.45) is 0 Å². The molecule has 0 saturated carbocycles. The number of hydrogen-bond donors (Lipinski definition) is 0. The van der Waals surface area contributed by atoms with Crippen molar-refractivity contribution in [2.75, 3.05) is 20.5 Å². The molecule has 3 aromatic rings. The van der Waals surface area contributed by atoms with E-state index in [1.54, 1.807) is 7.11 Å². The molecule has 4 rings (SSSR count). The van der Waals surface area contributed by atoms with Crippen LogP contribution in [0.2, 0.25) is 13.3 Å². The van der Waals surface area contributed by atoms with Crippen molar-refractivity contribution in [2.45, 2.75) is 88.2 Å². The van der Waals surface area contributed by atoms with Gasteiger partial charge in [0.2, 0.25) is 0 Å². The number of benzene rings is 3. The third-order valence-electron chi connectivity index (χ3n) is 9.10. The summed E-state index contributed by atoms with van der Waals surface area (Å²) in [6, 6.07) is 34.2. The fourth-order valence-electron chi connectivity index (χ4n) is 7.25. The molecule has 0 bridgehead atoms. The Bertz CT molecular complexity index is 989. The quantitative estimate of drug-likeness (QED) is 0.0452. The van der Waals surface area contributed by atoms with Gasteiger partial charge in [0, 0.05) is 0 Å². The van der Waals surface area contributed by atoms with Crippen molar-refractivity contribution < 1.29 is 9.47 Å². The third kappa shape index (κ3) is 6.69. The summed E-state index contributed by atoms with van der Waals surface area (Å²) >= 11 is -2.72. The maximum absolute atomic E-state index is 6.25. The number of unbranched alkanes of at least 4 members (excludes halogenated alkanes) is 3. The van der Waals surface area contributed by atoms with Crippen molar-refractivity contribution in [3.05, 3.63) is 108 Å². The van der Waals surface area contributed by atoms with E-state index < -0.39 is 18.4 Å². The molecule has 3 nitrogen and oxygen atoms in total. The average molecular weight is 649 g/mol. The second-order valence-corrected chi connectivity index (χ2v) is 25.4. The Hall–Kier alpha value is -1.66. The molecule has 0 spiro atoms. The van der Waals surface area contributed by atoms with E-state index in [0.717, 1.165) is 6.61 Å². The first-order valence-electron chi connectivity index (χ1n) is 15.7. The Morgan fingerprint density at radius 3 is 1.40 bits per heavy atom. The second kappa shape index (κ2) is 15.5. The first-order chi connectivity index (χ1) is 19.7. The van der Waals surface area contributed by atoms with Crippen LogP contribution in [-0.4, -0.2) is 53.9 Å². The minimum absolute atomic E-state index is 0.355. The van der Waals surface area contributed by atoms with Crippen LogP contribution in [-0.2, 0) is 15.0 Å². The summed E-state index contributed by atoms with van der Waals surface area (Å²) in [5.74, 6) is 0. The van der Waals surface area contributed by atoms with Gasteiger partial charge in [-0.25, -0.2) is 0 Å². The molecule has 1 saturated heterocycles. The van der Waals surface area contributed by atoms with Gasteiger partial charge in [-0.05, 0) is 0 Å². The predicted molar refractivity (Wildman–Crippen MR) is 171 cm³/mol. The van der Waals surface area contributed by atoms with E-state index in [-0.39, 0.29) is 5.54 Å². The molecule has 40 heavy (non-hydrogen) atoms. The normalized spacial score (nSPS) is 19.1. The zero-order valence-electron chi connectivity index (χ0n) is 25.4. The van der Waals surface area contributed by atoms with E-state index in [4.69, 9.17) is 9.47 Å². The van der Waals surface area contributed by atoms with Crippen molar-refractivity contribution in [3.63, 3.8) is 0 Å². The number of rotatable bonds is 18. The fourth-order valence-corrected chi connectivity index (χ4v) is 26.6. The average Bonchev–Trinajstić information content (AvgIpc) is 3.74. The summed E-state index contributed by atoms with van der Waals surface area (Å²) < 4.78 is 16.7. The van der Waals surface area contributed by atoms with Gasteiger partial charge in [-0.2, -0.15) is 0 Å². The third-order valence-corrected chi connectivity index (χ3v) is 26.1. The molecule has 0 aromatic heterocycles. The van der Waals surface area contributed by atoms with Crippen LogP contribution in [0.4, 0.5) is 0 Å². The summed E-state index contributed by atoms with van der Waals surface area (Å²) in [6.45, 7) is 8.22. The Labute approximate surface area is 248 Å². The van der Waals surface area contributed by atoms with Gasteiger partial charge in [-0.15, -0.1) is 0 Å². The van der Waals surface area contributed by atoms with Crippen LogP contribution in [0.1, 0.15) is 76.0 Å². The number of nitrogens with zero attached hydrogens (tertiary/aromatic N) is 1. The molecule has 3 atom stereocenters. The van der Waals surface area contributed by atoms with Gasteiger partial charge in [0.25, 0.3) is 0 Å². The SMILES string of the molecule is CCC[CH2][Sn]([CH2]CCC)([CH2]CCC)[C@H]1C(COCOC)N1C(c1ccccc1)(c1ccccc1)c1ccccc1. The van der Waals surface area contributed by atoms with Crippen LogP contribution in [0.15, 0.2) is 91.0 Å². The number of hydrogen-bond acceptors (Lipinski definition) is 3. The number of methoxy groups -OCH3 is 1. The van der Waals surface area contributed by atoms with E-state index in [1.165, 1.54) is 68.5 Å². The van der Waals surface area contributed by atoms with E-state index in [2.05, 4.69) is 117 Å². The van der Waals surface area contributed by atoms with Gasteiger partial charge in [0.05, 0.1) is 0 Å². The van der Waals surface area contributed by atoms with E-state index in [9.17, 15) is 0 Å². The van der Waals surface area contributed by atoms with Gasteiger partial charge in [-0.1, -0.05) is 0 Å². The summed E-state index contributed by atoms with van der Waals surface area (Å²) in [5.41, 5.74) is 3.71. The van der Waals surface area contributed by atoms with Gasteiger partial charge >= 0.3 is 249 Å². The molecule has 3 aromatic carbocycles. The molecule has 4 heteroatoms. The van der Waals surface area contributed by atoms with E-state index in [1.807, 2.05) is 0 Å². The molecule has 216 valence electrons. The molecule has 0 aliphatic carbocycles. The molecule has 0 N–H and O–H groups in total. The predicted octanol–water partition coefficient (Wildman–Crippen LogP) is 9.04. The van der Waals surface area contributed by atoms with Crippen LogP contribution in [0.5, 0.6) is 0 Å². The maximum atomic E-state index is 6.25. The molecular weight excluding hydrogens is 597 g/mol. The van der Waals surface area contributed by atoms with Gasteiger partial charge < -0.3 is 0 Å². The molecule has 0 amide bonds. The topological polar surface area (TPSA) is 21.5 Å². The van der Waals surface area contributed by atoms with Gasteiger partial charge in [0.15, 0.2) is 0 Å². The zero-order chi connectivity index (χ0) is 28.3. The van der Waals surface area contributed by atoms with Crippen molar-refractivity contribution in [1.29, 1.82) is 0 Å². The van der Waals surface area contributed by atoms with E-state index in [0.29, 0.717) is 16.9 Å². The van der Waals surface area contributed by atoms with Crippen molar-refractivity contribution >= 4 is 18.4 Å². The van der Waals surface area contributed by atoms with Crippen LogP contribution in [0.3, 0.4) is 0 Å². The molecular formula is C36H51NO2Sn. The van der Waals surface area contributed by atoms with Gasteiger partial charge in [-0.3, -0.25) is 0 Å². The second-order valence-electron chi connectivity index (χ2n) is 11.7. The standard InChI is InChI=1S/C24H24NO2.3C4H9.Sn/c1-26-19-27-18-23-17-25(23)24(20-11-5-2-6-12-20,21-13-7-3-8-14-21)22-15-9-4-10-16-22;3*1-3-4-2;/h2-17,23H,18-19H2,1H3;3*1,3-4H2,2H3;. The number of ether oxygens (including phenoxy) is 2. The molecule has 0 radical (unpaired) electrons. The summed E-state index contributed by atoms with van der Waals surface area (Å²) in [7, 11) is 1.73. The Kier molecular flexibility index (Phi) is 12.1. The molecule has 1 aliphatic heterocycles. The molecule has 1 aliphatic rings. The van der Waals surface area contributed by atoms with Crippen LogP contribution < -0.4 is 0 Å². The summed E-state index contributed by atoms with van der Waals surface area (Å²) in [4.78, 5) is 2.94. The Morgan fingerprint density at radius 1 is 0.650 bits per heavy atom. The van der Waals surface area contributed by atoms with E-state index >= 15 is 0 Å². The fraction of sp³-hybridized carbons (Fsp3) is 0.500. The van der Waals surface area contributed by atoms with Crippen LogP contribution in [0, 0.1) is 0 Å². The Balaban J connectivity index is 1.96. The van der Waals surface area contributed by atoms with Crippen molar-refractivity contribution in [3.8, 4) is 0 Å². The first kappa shape index (κ1) is 31.3. The molecule has 2 unspecified atom stereocenters. The Morgan fingerprint density at radius 2 is 1.05 bits per heavy atom. The summed E-state index contributed by atoms with van der Waals surface area (Å²) in [6.07, 6.45) is 7.97. The molecule has 1 fully saturated rings. The monoisotopic (exact) mass is 649 g/mol. The van der Waals surface area contributed by atoms with Gasteiger partial charge in [0.1, 0.15) is 0 Å². The molecule has 1 heterocycles. The minimum atomic E-state index is -2.72. The van der Waals surface area contributed by atoms with Crippen LogP contribution >= 0.6 is 0 Å². The van der Waals surface area contributed by atoms with Crippen LogP contribution in [0.25, 0.3) is 0 Å². The summed E-state index contributed by atoms with van der Waals surface area (Å²) in [5, 5.41) is 0.